The number of amides is 1. The third-order valence-corrected chi connectivity index (χ3v) is 5.66. The van der Waals surface area contributed by atoms with Gasteiger partial charge in [-0.25, -0.2) is 0 Å². The van der Waals surface area contributed by atoms with Crippen LogP contribution in [0.4, 0.5) is 0 Å². The van der Waals surface area contributed by atoms with Crippen molar-refractivity contribution in [2.45, 2.75) is 37.2 Å². The lowest BCUT2D eigenvalue weighted by Gasteiger charge is -2.17. The standard InChI is InChI=1S/C21H24N4OS/c1-14-10-8-9-13-18(14)19-23-24-21(25(19)4)27-16(3)20(26)22-15(2)17-11-6-5-7-12-17/h5-13,15-16H,1-4H3,(H,22,26). The molecule has 5 nitrogen and oxygen atoms in total. The van der Waals surface area contributed by atoms with E-state index in [4.69, 9.17) is 0 Å². The van der Waals surface area contributed by atoms with Crippen molar-refractivity contribution in [3.05, 3.63) is 65.7 Å². The van der Waals surface area contributed by atoms with E-state index in [1.165, 1.54) is 11.8 Å². The van der Waals surface area contributed by atoms with Crippen LogP contribution in [0.1, 0.15) is 31.0 Å². The molecule has 1 N–H and O–H groups in total. The highest BCUT2D eigenvalue weighted by molar-refractivity contribution is 8.00. The lowest BCUT2D eigenvalue weighted by atomic mass is 10.1. The van der Waals surface area contributed by atoms with Gasteiger partial charge in [0.15, 0.2) is 11.0 Å². The predicted molar refractivity (Wildman–Crippen MR) is 109 cm³/mol. The zero-order valence-corrected chi connectivity index (χ0v) is 16.8. The molecule has 1 amide bonds. The van der Waals surface area contributed by atoms with Gasteiger partial charge in [0.2, 0.25) is 5.91 Å². The molecular weight excluding hydrogens is 356 g/mol. The van der Waals surface area contributed by atoms with Gasteiger partial charge in [-0.05, 0) is 31.9 Å². The molecule has 0 saturated heterocycles. The summed E-state index contributed by atoms with van der Waals surface area (Å²) in [4.78, 5) is 12.6. The van der Waals surface area contributed by atoms with Gasteiger partial charge >= 0.3 is 0 Å². The van der Waals surface area contributed by atoms with Crippen molar-refractivity contribution >= 4 is 17.7 Å². The van der Waals surface area contributed by atoms with Gasteiger partial charge in [0.25, 0.3) is 0 Å². The minimum Gasteiger partial charge on any atom is -0.349 e. The molecule has 0 radical (unpaired) electrons. The summed E-state index contributed by atoms with van der Waals surface area (Å²) in [6.45, 7) is 5.93. The van der Waals surface area contributed by atoms with Gasteiger partial charge in [-0.3, -0.25) is 4.79 Å². The van der Waals surface area contributed by atoms with Crippen LogP contribution < -0.4 is 5.32 Å². The van der Waals surface area contributed by atoms with Crippen molar-refractivity contribution in [1.29, 1.82) is 0 Å². The maximum absolute atomic E-state index is 12.6. The molecule has 3 aromatic rings. The van der Waals surface area contributed by atoms with E-state index in [0.29, 0.717) is 0 Å². The lowest BCUT2D eigenvalue weighted by molar-refractivity contribution is -0.120. The lowest BCUT2D eigenvalue weighted by Crippen LogP contribution is -2.33. The summed E-state index contributed by atoms with van der Waals surface area (Å²) in [6.07, 6.45) is 0. The molecule has 3 rings (SSSR count). The summed E-state index contributed by atoms with van der Waals surface area (Å²) in [6, 6.07) is 18.0. The third-order valence-electron chi connectivity index (χ3n) is 4.53. The Morgan fingerprint density at radius 1 is 1.04 bits per heavy atom. The van der Waals surface area contributed by atoms with Gasteiger partial charge in [0.05, 0.1) is 11.3 Å². The average Bonchev–Trinajstić information content (AvgIpc) is 3.03. The molecule has 0 bridgehead atoms. The number of hydrogen-bond acceptors (Lipinski definition) is 4. The Balaban J connectivity index is 1.68. The summed E-state index contributed by atoms with van der Waals surface area (Å²) in [5.41, 5.74) is 3.28. The van der Waals surface area contributed by atoms with Crippen molar-refractivity contribution in [3.63, 3.8) is 0 Å². The van der Waals surface area contributed by atoms with E-state index in [-0.39, 0.29) is 17.2 Å². The smallest absolute Gasteiger partial charge is 0.233 e. The largest absolute Gasteiger partial charge is 0.349 e. The normalized spacial score (nSPS) is 13.2. The van der Waals surface area contributed by atoms with E-state index < -0.39 is 0 Å². The minimum atomic E-state index is -0.274. The van der Waals surface area contributed by atoms with E-state index in [9.17, 15) is 4.79 Å². The van der Waals surface area contributed by atoms with Crippen LogP contribution in [0.2, 0.25) is 0 Å². The van der Waals surface area contributed by atoms with Crippen LogP contribution in [0.15, 0.2) is 59.8 Å². The van der Waals surface area contributed by atoms with Crippen LogP contribution in [0, 0.1) is 6.92 Å². The number of nitrogens with zero attached hydrogens (tertiary/aromatic N) is 3. The quantitative estimate of drug-likeness (QED) is 0.653. The fraction of sp³-hybridized carbons (Fsp3) is 0.286. The van der Waals surface area contributed by atoms with Gasteiger partial charge < -0.3 is 9.88 Å². The maximum atomic E-state index is 12.6. The first-order valence-electron chi connectivity index (χ1n) is 8.94. The van der Waals surface area contributed by atoms with Crippen LogP contribution in [0.3, 0.4) is 0 Å². The van der Waals surface area contributed by atoms with E-state index in [1.54, 1.807) is 0 Å². The molecule has 140 valence electrons. The van der Waals surface area contributed by atoms with E-state index in [1.807, 2.05) is 74.0 Å². The van der Waals surface area contributed by atoms with Crippen LogP contribution in [-0.2, 0) is 11.8 Å². The summed E-state index contributed by atoms with van der Waals surface area (Å²) >= 11 is 1.41. The molecular formula is C21H24N4OS. The monoisotopic (exact) mass is 380 g/mol. The molecule has 27 heavy (non-hydrogen) atoms. The zero-order chi connectivity index (χ0) is 19.4. The molecule has 0 spiro atoms. The fourth-order valence-electron chi connectivity index (χ4n) is 2.84. The van der Waals surface area contributed by atoms with E-state index >= 15 is 0 Å². The first kappa shape index (κ1) is 19.2. The zero-order valence-electron chi connectivity index (χ0n) is 16.0. The van der Waals surface area contributed by atoms with Crippen LogP contribution in [0.5, 0.6) is 0 Å². The molecule has 0 aliphatic carbocycles. The highest BCUT2D eigenvalue weighted by atomic mass is 32.2. The van der Waals surface area contributed by atoms with Crippen molar-refractivity contribution < 1.29 is 4.79 Å². The second-order valence-corrected chi connectivity index (χ2v) is 7.89. The highest BCUT2D eigenvalue weighted by Crippen LogP contribution is 2.27. The Kier molecular flexibility index (Phi) is 5.96. The first-order valence-corrected chi connectivity index (χ1v) is 9.82. The Labute approximate surface area is 164 Å². The van der Waals surface area contributed by atoms with Crippen molar-refractivity contribution in [2.75, 3.05) is 0 Å². The number of aryl methyl sites for hydroxylation is 1. The summed E-state index contributed by atoms with van der Waals surface area (Å²) in [5.74, 6) is 0.789. The van der Waals surface area contributed by atoms with Crippen molar-refractivity contribution in [2.24, 2.45) is 7.05 Å². The van der Waals surface area contributed by atoms with Gasteiger partial charge in [0, 0.05) is 12.6 Å². The molecule has 0 aliphatic rings. The minimum absolute atomic E-state index is 0.0169. The molecule has 6 heteroatoms. The average molecular weight is 381 g/mol. The number of thioether (sulfide) groups is 1. The molecule has 2 unspecified atom stereocenters. The van der Waals surface area contributed by atoms with Gasteiger partial charge in [-0.1, -0.05) is 66.4 Å². The van der Waals surface area contributed by atoms with Crippen LogP contribution in [-0.4, -0.2) is 25.9 Å². The highest BCUT2D eigenvalue weighted by Gasteiger charge is 2.21. The summed E-state index contributed by atoms with van der Waals surface area (Å²) in [5, 5.41) is 12.1. The second-order valence-electron chi connectivity index (χ2n) is 6.58. The Morgan fingerprint density at radius 2 is 1.70 bits per heavy atom. The van der Waals surface area contributed by atoms with Gasteiger partial charge in [-0.15, -0.1) is 10.2 Å². The van der Waals surface area contributed by atoms with Gasteiger partial charge in [0.1, 0.15) is 0 Å². The second kappa shape index (κ2) is 8.39. The van der Waals surface area contributed by atoms with Crippen molar-refractivity contribution in [1.82, 2.24) is 20.1 Å². The van der Waals surface area contributed by atoms with Crippen LogP contribution >= 0.6 is 11.8 Å². The molecule has 0 fully saturated rings. The molecule has 0 saturated carbocycles. The maximum Gasteiger partial charge on any atom is 0.233 e. The number of benzene rings is 2. The number of carbonyl (C=O) groups is 1. The SMILES string of the molecule is Cc1ccccc1-c1nnc(SC(C)C(=O)NC(C)c2ccccc2)n1C. The number of carbonyl (C=O) groups excluding carboxylic acids is 1. The van der Waals surface area contributed by atoms with Crippen molar-refractivity contribution in [3.8, 4) is 11.4 Å². The first-order chi connectivity index (χ1) is 13.0. The molecule has 2 atom stereocenters. The Bertz CT molecular complexity index is 923. The van der Waals surface area contributed by atoms with Crippen LogP contribution in [0.25, 0.3) is 11.4 Å². The number of rotatable bonds is 6. The molecule has 0 aliphatic heterocycles. The molecule has 1 aromatic heterocycles. The number of nitrogens with one attached hydrogen (secondary N) is 1. The Morgan fingerprint density at radius 3 is 2.41 bits per heavy atom. The van der Waals surface area contributed by atoms with E-state index in [2.05, 4.69) is 28.5 Å². The topological polar surface area (TPSA) is 59.8 Å². The summed E-state index contributed by atoms with van der Waals surface area (Å²) in [7, 11) is 1.93. The van der Waals surface area contributed by atoms with E-state index in [0.717, 1.165) is 27.7 Å². The Hall–Kier alpha value is -2.60. The summed E-state index contributed by atoms with van der Waals surface area (Å²) < 4.78 is 1.94. The fourth-order valence-corrected chi connectivity index (χ4v) is 3.67. The number of aromatic nitrogens is 3. The molecule has 1 heterocycles. The van der Waals surface area contributed by atoms with Gasteiger partial charge in [-0.2, -0.15) is 0 Å². The number of hydrogen-bond donors (Lipinski definition) is 1. The molecule has 2 aromatic carbocycles. The predicted octanol–water partition coefficient (Wildman–Crippen LogP) is 4.15. The third kappa shape index (κ3) is 4.39.